The highest BCUT2D eigenvalue weighted by atomic mass is 19.1. The lowest BCUT2D eigenvalue weighted by molar-refractivity contribution is 0.628. The molecule has 0 saturated heterocycles. The monoisotopic (exact) mass is 415 g/mol. The van der Waals surface area contributed by atoms with E-state index >= 15 is 0 Å². The van der Waals surface area contributed by atoms with Crippen LogP contribution in [0.2, 0.25) is 0 Å². The number of benzene rings is 1. The van der Waals surface area contributed by atoms with Crippen LogP contribution in [0.15, 0.2) is 36.7 Å². The molecule has 0 amide bonds. The highest BCUT2D eigenvalue weighted by Crippen LogP contribution is 2.28. The summed E-state index contributed by atoms with van der Waals surface area (Å²) < 4.78 is 16.9. The Balaban J connectivity index is 1.71. The van der Waals surface area contributed by atoms with Gasteiger partial charge >= 0.3 is 0 Å². The van der Waals surface area contributed by atoms with E-state index in [-0.39, 0.29) is 5.82 Å². The van der Waals surface area contributed by atoms with Gasteiger partial charge in [0.2, 0.25) is 0 Å². The molecule has 0 N–H and O–H groups in total. The molecule has 1 aromatic carbocycles. The van der Waals surface area contributed by atoms with Crippen LogP contribution < -0.4 is 0 Å². The number of aromatic nitrogens is 6. The predicted molar refractivity (Wildman–Crippen MR) is 114 cm³/mol. The van der Waals surface area contributed by atoms with E-state index in [4.69, 9.17) is 5.10 Å². The number of rotatable bonds is 5. The smallest absolute Gasteiger partial charge is 0.157 e. The van der Waals surface area contributed by atoms with Gasteiger partial charge in [-0.15, -0.1) is 0 Å². The fraction of sp³-hybridized carbons (Fsp3) is 0.261. The van der Waals surface area contributed by atoms with Crippen LogP contribution in [0.4, 0.5) is 4.39 Å². The molecule has 8 heteroatoms. The second-order valence-corrected chi connectivity index (χ2v) is 7.37. The summed E-state index contributed by atoms with van der Waals surface area (Å²) >= 11 is 0. The summed E-state index contributed by atoms with van der Waals surface area (Å²) in [6.07, 6.45) is 2.82. The van der Waals surface area contributed by atoms with Crippen molar-refractivity contribution < 1.29 is 4.39 Å². The van der Waals surface area contributed by atoms with Gasteiger partial charge in [-0.3, -0.25) is 4.68 Å². The first-order valence-electron chi connectivity index (χ1n) is 10.0. The molecule has 0 aliphatic carbocycles. The molecule has 0 unspecified atom stereocenters. The van der Waals surface area contributed by atoms with Crippen molar-refractivity contribution in [1.29, 1.82) is 5.26 Å². The maximum Gasteiger partial charge on any atom is 0.157 e. The number of halogens is 1. The van der Waals surface area contributed by atoms with Gasteiger partial charge in [0, 0.05) is 30.7 Å². The predicted octanol–water partition coefficient (Wildman–Crippen LogP) is 3.84. The third-order valence-electron chi connectivity index (χ3n) is 5.38. The Hall–Kier alpha value is -3.86. The Bertz CT molecular complexity index is 1290. The molecule has 0 bridgehead atoms. The van der Waals surface area contributed by atoms with Gasteiger partial charge in [-0.2, -0.15) is 15.5 Å². The molecule has 0 atom stereocenters. The average molecular weight is 415 g/mol. The van der Waals surface area contributed by atoms with Crippen molar-refractivity contribution in [2.24, 2.45) is 7.05 Å². The van der Waals surface area contributed by atoms with Crippen LogP contribution in [0.25, 0.3) is 17.1 Å². The van der Waals surface area contributed by atoms with E-state index in [1.807, 2.05) is 31.6 Å². The lowest BCUT2D eigenvalue weighted by atomic mass is 10.0. The average Bonchev–Trinajstić information content (AvgIpc) is 3.23. The van der Waals surface area contributed by atoms with Gasteiger partial charge in [0.15, 0.2) is 5.82 Å². The molecule has 4 rings (SSSR count). The number of hydrogen-bond acceptors (Lipinski definition) is 5. The van der Waals surface area contributed by atoms with Crippen LogP contribution in [0.3, 0.4) is 0 Å². The van der Waals surface area contributed by atoms with Gasteiger partial charge in [0.25, 0.3) is 0 Å². The second-order valence-electron chi connectivity index (χ2n) is 7.37. The molecule has 0 spiro atoms. The molecule has 4 aromatic rings. The van der Waals surface area contributed by atoms with Crippen molar-refractivity contribution >= 4 is 0 Å². The van der Waals surface area contributed by atoms with Gasteiger partial charge in [-0.05, 0) is 44.5 Å². The zero-order chi connectivity index (χ0) is 22.1. The normalized spacial score (nSPS) is 11.0. The van der Waals surface area contributed by atoms with Crippen LogP contribution in [0.1, 0.15) is 40.8 Å². The lowest BCUT2D eigenvalue weighted by Crippen LogP contribution is -2.05. The fourth-order valence-corrected chi connectivity index (χ4v) is 3.90. The van der Waals surface area contributed by atoms with E-state index in [9.17, 15) is 9.65 Å². The van der Waals surface area contributed by atoms with Crippen LogP contribution in [-0.2, 0) is 19.9 Å². The molecule has 156 valence electrons. The van der Waals surface area contributed by atoms with E-state index in [1.165, 1.54) is 18.5 Å². The summed E-state index contributed by atoms with van der Waals surface area (Å²) in [5.74, 6) is 0.348. The molecule has 0 aliphatic rings. The summed E-state index contributed by atoms with van der Waals surface area (Å²) in [5, 5.41) is 18.5. The van der Waals surface area contributed by atoms with Gasteiger partial charge in [-0.25, -0.2) is 19.0 Å². The Morgan fingerprint density at radius 3 is 2.48 bits per heavy atom. The highest BCUT2D eigenvalue weighted by molar-refractivity contribution is 5.65. The quantitative estimate of drug-likeness (QED) is 0.494. The number of hydrogen-bond donors (Lipinski definition) is 0. The number of aryl methyl sites for hydroxylation is 2. The minimum Gasteiger partial charge on any atom is -0.267 e. The van der Waals surface area contributed by atoms with Crippen LogP contribution in [0, 0.1) is 31.0 Å². The second kappa shape index (κ2) is 8.11. The minimum absolute atomic E-state index is 0.263. The zero-order valence-electron chi connectivity index (χ0n) is 17.9. The van der Waals surface area contributed by atoms with Crippen molar-refractivity contribution in [2.75, 3.05) is 0 Å². The zero-order valence-corrected chi connectivity index (χ0v) is 17.9. The SMILES string of the molecule is CCc1c(Cc2cc(-n3nc(C)c(C#N)c3C)ncn2)nn(C)c1-c1ccc(F)cc1. The first kappa shape index (κ1) is 20.4. The van der Waals surface area contributed by atoms with Gasteiger partial charge < -0.3 is 0 Å². The minimum atomic E-state index is -0.263. The first-order valence-corrected chi connectivity index (χ1v) is 10.0. The van der Waals surface area contributed by atoms with Crippen molar-refractivity contribution in [3.63, 3.8) is 0 Å². The molecular formula is C23H22FN7. The van der Waals surface area contributed by atoms with Crippen LogP contribution in [-0.4, -0.2) is 29.5 Å². The van der Waals surface area contributed by atoms with E-state index in [0.29, 0.717) is 23.5 Å². The molecule has 31 heavy (non-hydrogen) atoms. The third kappa shape index (κ3) is 3.70. The van der Waals surface area contributed by atoms with Gasteiger partial charge in [0.1, 0.15) is 18.2 Å². The maximum absolute atomic E-state index is 13.4. The number of nitriles is 1. The van der Waals surface area contributed by atoms with Crippen molar-refractivity contribution in [1.82, 2.24) is 29.5 Å². The summed E-state index contributed by atoms with van der Waals surface area (Å²) in [6.45, 7) is 5.74. The highest BCUT2D eigenvalue weighted by Gasteiger charge is 2.18. The van der Waals surface area contributed by atoms with Crippen molar-refractivity contribution in [3.8, 4) is 23.1 Å². The summed E-state index contributed by atoms with van der Waals surface area (Å²) in [6, 6.07) is 10.5. The van der Waals surface area contributed by atoms with Gasteiger partial charge in [0.05, 0.1) is 34.0 Å². The Morgan fingerprint density at radius 1 is 1.10 bits per heavy atom. The third-order valence-corrected chi connectivity index (χ3v) is 5.38. The molecule has 7 nitrogen and oxygen atoms in total. The Kier molecular flexibility index (Phi) is 5.34. The molecule has 3 heterocycles. The fourth-order valence-electron chi connectivity index (χ4n) is 3.90. The topological polar surface area (TPSA) is 85.2 Å². The molecular weight excluding hydrogens is 393 g/mol. The molecule has 0 radical (unpaired) electrons. The van der Waals surface area contributed by atoms with Crippen molar-refractivity contribution in [3.05, 3.63) is 76.4 Å². The summed E-state index contributed by atoms with van der Waals surface area (Å²) in [7, 11) is 1.89. The van der Waals surface area contributed by atoms with Crippen LogP contribution in [0.5, 0.6) is 0 Å². The number of nitrogens with zero attached hydrogens (tertiary/aromatic N) is 7. The lowest BCUT2D eigenvalue weighted by Gasteiger charge is -2.07. The van der Waals surface area contributed by atoms with E-state index in [0.717, 1.165) is 40.3 Å². The molecule has 0 saturated carbocycles. The van der Waals surface area contributed by atoms with Crippen molar-refractivity contribution in [2.45, 2.75) is 33.6 Å². The van der Waals surface area contributed by atoms with E-state index < -0.39 is 0 Å². The molecule has 0 aliphatic heterocycles. The standard InChI is InChI=1S/C23H22FN7/c1-5-19-21(29-30(4)23(19)16-6-8-17(24)9-7-16)10-18-11-22(27-13-26-18)31-15(3)20(12-25)14(2)28-31/h6-9,11,13H,5,10H2,1-4H3. The summed E-state index contributed by atoms with van der Waals surface area (Å²) in [4.78, 5) is 8.76. The maximum atomic E-state index is 13.4. The Labute approximate surface area is 179 Å². The van der Waals surface area contributed by atoms with E-state index in [1.54, 1.807) is 16.8 Å². The largest absolute Gasteiger partial charge is 0.267 e. The first-order chi connectivity index (χ1) is 14.9. The van der Waals surface area contributed by atoms with E-state index in [2.05, 4.69) is 28.1 Å². The molecule has 3 aromatic heterocycles. The van der Waals surface area contributed by atoms with Gasteiger partial charge in [-0.1, -0.05) is 6.92 Å². The summed E-state index contributed by atoms with van der Waals surface area (Å²) in [5.41, 5.74) is 6.69. The van der Waals surface area contributed by atoms with Crippen LogP contribution >= 0.6 is 0 Å². The Morgan fingerprint density at radius 2 is 1.84 bits per heavy atom. The molecule has 0 fully saturated rings.